The summed E-state index contributed by atoms with van der Waals surface area (Å²) >= 11 is 0. The highest BCUT2D eigenvalue weighted by molar-refractivity contribution is 5.73. The molecule has 6 heteroatoms. The summed E-state index contributed by atoms with van der Waals surface area (Å²) in [6, 6.07) is 18.9. The first kappa shape index (κ1) is 23.3. The fraction of sp³-hybridized carbons (Fsp3) is 0.480. The average molecular weight is 424 g/mol. The number of hydrogen-bond donors (Lipinski definition) is 2. The molecule has 2 amide bonds. The van der Waals surface area contributed by atoms with Crippen LogP contribution >= 0.6 is 0 Å². The molecule has 0 aromatic heterocycles. The lowest BCUT2D eigenvalue weighted by Crippen LogP contribution is -2.46. The van der Waals surface area contributed by atoms with Crippen LogP contribution in [-0.2, 0) is 19.6 Å². The van der Waals surface area contributed by atoms with Crippen LogP contribution in [0, 0.1) is 0 Å². The monoisotopic (exact) mass is 423 g/mol. The van der Waals surface area contributed by atoms with E-state index in [-0.39, 0.29) is 6.03 Å². The van der Waals surface area contributed by atoms with Crippen LogP contribution in [-0.4, -0.2) is 74.1 Å². The molecule has 0 spiro atoms. The van der Waals surface area contributed by atoms with Gasteiger partial charge in [-0.05, 0) is 43.8 Å². The molecule has 0 radical (unpaired) electrons. The summed E-state index contributed by atoms with van der Waals surface area (Å²) < 4.78 is 0. The second kappa shape index (κ2) is 12.4. The van der Waals surface area contributed by atoms with Gasteiger partial charge in [-0.15, -0.1) is 0 Å². The molecule has 2 N–H and O–H groups in total. The summed E-state index contributed by atoms with van der Waals surface area (Å²) in [5.74, 6) is 0. The molecule has 168 valence electrons. The van der Waals surface area contributed by atoms with Crippen molar-refractivity contribution in [3.8, 4) is 0 Å². The Labute approximate surface area is 187 Å². The summed E-state index contributed by atoms with van der Waals surface area (Å²) in [5.41, 5.74) is 3.80. The van der Waals surface area contributed by atoms with Gasteiger partial charge >= 0.3 is 6.03 Å². The van der Waals surface area contributed by atoms with Crippen molar-refractivity contribution in [1.29, 1.82) is 0 Å². The molecule has 2 aromatic carbocycles. The van der Waals surface area contributed by atoms with Gasteiger partial charge in [-0.2, -0.15) is 0 Å². The maximum Gasteiger partial charge on any atom is 0.315 e. The van der Waals surface area contributed by atoms with Crippen LogP contribution in [0.5, 0.6) is 0 Å². The van der Waals surface area contributed by atoms with Gasteiger partial charge in [0.25, 0.3) is 0 Å². The van der Waals surface area contributed by atoms with Crippen LogP contribution in [0.2, 0.25) is 0 Å². The van der Waals surface area contributed by atoms with Crippen LogP contribution in [0.1, 0.15) is 23.1 Å². The Morgan fingerprint density at radius 1 is 0.871 bits per heavy atom. The molecule has 0 aliphatic carbocycles. The Balaban J connectivity index is 1.27. The third kappa shape index (κ3) is 8.32. The second-order valence-corrected chi connectivity index (χ2v) is 8.57. The Kier molecular flexibility index (Phi) is 9.34. The van der Waals surface area contributed by atoms with Gasteiger partial charge in [0, 0.05) is 52.4 Å². The van der Waals surface area contributed by atoms with E-state index in [4.69, 9.17) is 0 Å². The van der Waals surface area contributed by atoms with Gasteiger partial charge in [-0.25, -0.2) is 4.79 Å². The minimum Gasteiger partial charge on any atom is -0.338 e. The lowest BCUT2D eigenvalue weighted by atomic mass is 10.1. The number of carbonyl (C=O) groups is 1. The summed E-state index contributed by atoms with van der Waals surface area (Å²) in [6.45, 7) is 8.61. The lowest BCUT2D eigenvalue weighted by molar-refractivity contribution is 0.126. The Hall–Kier alpha value is -2.41. The minimum atomic E-state index is -0.0904. The minimum absolute atomic E-state index is 0.0904. The third-order valence-corrected chi connectivity index (χ3v) is 5.69. The molecule has 0 saturated carbocycles. The number of nitrogens with zero attached hydrogens (tertiary/aromatic N) is 3. The number of amides is 2. The molecule has 1 aliphatic rings. The second-order valence-electron chi connectivity index (χ2n) is 8.57. The maximum absolute atomic E-state index is 12.2. The van der Waals surface area contributed by atoms with Crippen LogP contribution < -0.4 is 10.6 Å². The normalized spacial score (nSPS) is 15.2. The average Bonchev–Trinajstić information content (AvgIpc) is 2.77. The first-order valence-corrected chi connectivity index (χ1v) is 11.3. The number of hydrogen-bond acceptors (Lipinski definition) is 4. The van der Waals surface area contributed by atoms with Crippen molar-refractivity contribution in [2.75, 3.05) is 53.4 Å². The van der Waals surface area contributed by atoms with E-state index in [0.717, 1.165) is 52.2 Å². The first-order valence-electron chi connectivity index (χ1n) is 11.3. The van der Waals surface area contributed by atoms with Crippen molar-refractivity contribution in [3.63, 3.8) is 0 Å². The highest BCUT2D eigenvalue weighted by atomic mass is 16.2. The van der Waals surface area contributed by atoms with Crippen molar-refractivity contribution < 1.29 is 4.79 Å². The van der Waals surface area contributed by atoms with Crippen molar-refractivity contribution >= 4 is 6.03 Å². The maximum atomic E-state index is 12.2. The van der Waals surface area contributed by atoms with E-state index >= 15 is 0 Å². The number of piperazine rings is 1. The van der Waals surface area contributed by atoms with Crippen molar-refractivity contribution in [2.45, 2.75) is 26.1 Å². The molecular formula is C25H37N5O. The molecule has 1 heterocycles. The Morgan fingerprint density at radius 3 is 2.23 bits per heavy atom. The molecule has 6 nitrogen and oxygen atoms in total. The molecule has 3 rings (SSSR count). The van der Waals surface area contributed by atoms with Gasteiger partial charge in [0.1, 0.15) is 0 Å². The predicted octanol–water partition coefficient (Wildman–Crippen LogP) is 2.76. The van der Waals surface area contributed by atoms with Gasteiger partial charge < -0.3 is 20.4 Å². The largest absolute Gasteiger partial charge is 0.338 e. The predicted molar refractivity (Wildman–Crippen MR) is 127 cm³/mol. The fourth-order valence-corrected chi connectivity index (χ4v) is 3.98. The zero-order valence-electron chi connectivity index (χ0n) is 19.0. The number of benzene rings is 2. The van der Waals surface area contributed by atoms with Crippen molar-refractivity contribution in [2.24, 2.45) is 0 Å². The highest BCUT2D eigenvalue weighted by Crippen LogP contribution is 2.10. The topological polar surface area (TPSA) is 50.9 Å². The lowest BCUT2D eigenvalue weighted by Gasteiger charge is -2.34. The molecule has 1 fully saturated rings. The van der Waals surface area contributed by atoms with E-state index in [1.165, 1.54) is 16.7 Å². The molecule has 2 aromatic rings. The van der Waals surface area contributed by atoms with Crippen LogP contribution in [0.3, 0.4) is 0 Å². The number of rotatable bonds is 10. The van der Waals surface area contributed by atoms with E-state index < -0.39 is 0 Å². The van der Waals surface area contributed by atoms with E-state index in [1.807, 2.05) is 12.1 Å². The third-order valence-electron chi connectivity index (χ3n) is 5.69. The highest BCUT2D eigenvalue weighted by Gasteiger charge is 2.16. The van der Waals surface area contributed by atoms with E-state index in [0.29, 0.717) is 13.1 Å². The summed E-state index contributed by atoms with van der Waals surface area (Å²) in [5, 5.41) is 5.99. The SMILES string of the molecule is CN(C)Cc1ccccc1CNC(=O)NCCCN1CCN(Cc2ccccc2)CC1. The fourth-order valence-electron chi connectivity index (χ4n) is 3.98. The van der Waals surface area contributed by atoms with Crippen LogP contribution in [0.25, 0.3) is 0 Å². The zero-order valence-corrected chi connectivity index (χ0v) is 19.0. The van der Waals surface area contributed by atoms with Crippen molar-refractivity contribution in [1.82, 2.24) is 25.3 Å². The van der Waals surface area contributed by atoms with Crippen LogP contribution in [0.4, 0.5) is 4.79 Å². The Bertz CT molecular complexity index is 788. The summed E-state index contributed by atoms with van der Waals surface area (Å²) in [6.07, 6.45) is 0.976. The quantitative estimate of drug-likeness (QED) is 0.577. The molecule has 0 atom stereocenters. The molecule has 31 heavy (non-hydrogen) atoms. The number of urea groups is 1. The standard InChI is InChI=1S/C25H37N5O/c1-28(2)21-24-12-7-6-11-23(24)19-27-25(31)26-13-8-14-29-15-17-30(18-16-29)20-22-9-4-3-5-10-22/h3-7,9-12H,8,13-21H2,1-2H3,(H2,26,27,31). The first-order chi connectivity index (χ1) is 15.1. The number of nitrogens with one attached hydrogen (secondary N) is 2. The van der Waals surface area contributed by atoms with E-state index in [9.17, 15) is 4.79 Å². The van der Waals surface area contributed by atoms with Gasteiger partial charge in [0.2, 0.25) is 0 Å². The molecule has 0 unspecified atom stereocenters. The van der Waals surface area contributed by atoms with Crippen LogP contribution in [0.15, 0.2) is 54.6 Å². The van der Waals surface area contributed by atoms with Gasteiger partial charge in [-0.3, -0.25) is 4.90 Å². The van der Waals surface area contributed by atoms with E-state index in [2.05, 4.69) is 81.9 Å². The van der Waals surface area contributed by atoms with E-state index in [1.54, 1.807) is 0 Å². The van der Waals surface area contributed by atoms with Gasteiger partial charge in [-0.1, -0.05) is 54.6 Å². The van der Waals surface area contributed by atoms with Gasteiger partial charge in [0.05, 0.1) is 0 Å². The molecule has 0 bridgehead atoms. The van der Waals surface area contributed by atoms with Crippen molar-refractivity contribution in [3.05, 3.63) is 71.3 Å². The zero-order chi connectivity index (χ0) is 21.9. The number of carbonyl (C=O) groups excluding carboxylic acids is 1. The van der Waals surface area contributed by atoms with Gasteiger partial charge in [0.15, 0.2) is 0 Å². The molecule has 1 saturated heterocycles. The molecule has 1 aliphatic heterocycles. The smallest absolute Gasteiger partial charge is 0.315 e. The molecular weight excluding hydrogens is 386 g/mol. The summed E-state index contributed by atoms with van der Waals surface area (Å²) in [4.78, 5) is 19.3. The summed E-state index contributed by atoms with van der Waals surface area (Å²) in [7, 11) is 4.11. The Morgan fingerprint density at radius 2 is 1.52 bits per heavy atom.